The molecule has 7 heteroatoms. The summed E-state index contributed by atoms with van der Waals surface area (Å²) < 4.78 is 18.6. The van der Waals surface area contributed by atoms with E-state index in [9.17, 15) is 14.0 Å². The second-order valence-electron chi connectivity index (χ2n) is 7.42. The fourth-order valence-electron chi connectivity index (χ4n) is 4.20. The number of anilines is 2. The summed E-state index contributed by atoms with van der Waals surface area (Å²) in [5.41, 5.74) is 1.89. The molecule has 2 saturated heterocycles. The molecule has 3 aromatic rings. The Morgan fingerprint density at radius 3 is 2.13 bits per heavy atom. The molecule has 0 aliphatic carbocycles. The maximum Gasteiger partial charge on any atom is 0.266 e. The Hall–Kier alpha value is -3.71. The Bertz CT molecular complexity index is 1120. The molecule has 2 fully saturated rings. The third kappa shape index (κ3) is 3.14. The number of amides is 2. The summed E-state index contributed by atoms with van der Waals surface area (Å²) in [4.78, 5) is 33.8. The minimum Gasteiger partial charge on any atom is -0.497 e. The fraction of sp³-hybridized carbons (Fsp3) is 0.167. The van der Waals surface area contributed by atoms with Gasteiger partial charge in [-0.15, -0.1) is 0 Å². The highest BCUT2D eigenvalue weighted by atomic mass is 19.1. The van der Waals surface area contributed by atoms with Crippen LogP contribution < -0.4 is 14.7 Å². The van der Waals surface area contributed by atoms with Gasteiger partial charge in [0.15, 0.2) is 6.10 Å². The summed E-state index contributed by atoms with van der Waals surface area (Å²) in [6.07, 6.45) is -0.968. The second kappa shape index (κ2) is 7.52. The van der Waals surface area contributed by atoms with E-state index in [4.69, 9.17) is 9.57 Å². The van der Waals surface area contributed by atoms with Crippen molar-refractivity contribution < 1.29 is 23.6 Å². The van der Waals surface area contributed by atoms with Crippen molar-refractivity contribution >= 4 is 23.2 Å². The van der Waals surface area contributed by atoms with Crippen LogP contribution in [0.1, 0.15) is 11.6 Å². The molecule has 2 aliphatic rings. The number of hydrogen-bond acceptors (Lipinski definition) is 5. The molecule has 3 atom stereocenters. The molecule has 0 bridgehead atoms. The molecule has 0 N–H and O–H groups in total. The number of fused-ring (bicyclic) bond motifs is 1. The van der Waals surface area contributed by atoms with Crippen molar-refractivity contribution in [2.24, 2.45) is 5.92 Å². The van der Waals surface area contributed by atoms with Crippen molar-refractivity contribution in [1.29, 1.82) is 0 Å². The molecular weight excluding hydrogens is 399 g/mol. The Labute approximate surface area is 178 Å². The molecular formula is C24H19FN2O4. The number of ether oxygens (including phenoxy) is 1. The van der Waals surface area contributed by atoms with Crippen molar-refractivity contribution in [2.75, 3.05) is 17.1 Å². The van der Waals surface area contributed by atoms with Crippen LogP contribution in [-0.2, 0) is 14.4 Å². The first-order chi connectivity index (χ1) is 15.1. The molecule has 156 valence electrons. The van der Waals surface area contributed by atoms with Crippen LogP contribution >= 0.6 is 0 Å². The lowest BCUT2D eigenvalue weighted by molar-refractivity contribution is -0.126. The minimum atomic E-state index is -0.968. The number of carbonyl (C=O) groups is 2. The average molecular weight is 418 g/mol. The molecule has 31 heavy (non-hydrogen) atoms. The van der Waals surface area contributed by atoms with Gasteiger partial charge in [-0.3, -0.25) is 14.4 Å². The number of halogens is 1. The molecule has 0 spiro atoms. The fourth-order valence-corrected chi connectivity index (χ4v) is 4.20. The van der Waals surface area contributed by atoms with E-state index in [2.05, 4.69) is 0 Å². The van der Waals surface area contributed by atoms with E-state index in [1.807, 2.05) is 42.5 Å². The molecule has 5 rings (SSSR count). The molecule has 0 radical (unpaired) electrons. The Morgan fingerprint density at radius 1 is 0.839 bits per heavy atom. The molecule has 0 aromatic heterocycles. The predicted molar refractivity (Wildman–Crippen MR) is 112 cm³/mol. The van der Waals surface area contributed by atoms with Crippen molar-refractivity contribution in [3.63, 3.8) is 0 Å². The Kier molecular flexibility index (Phi) is 4.67. The van der Waals surface area contributed by atoms with Gasteiger partial charge in [-0.2, -0.15) is 0 Å². The SMILES string of the molecule is COc1ccc(N2O[C@@H]3C(=O)N(c4ccc(F)cc4)C(=O)[C@@H]3[C@H]2c2ccccc2)cc1. The molecule has 2 aliphatic heterocycles. The Morgan fingerprint density at radius 2 is 1.48 bits per heavy atom. The standard InChI is InChI=1S/C24H19FN2O4/c1-30-19-13-11-18(12-14-19)27-21(15-5-3-2-4-6-15)20-22(31-27)24(29)26(23(20)28)17-9-7-16(25)8-10-17/h2-14,20-22H,1H3/t20-,21-,22+/m1/s1. The van der Waals surface area contributed by atoms with Gasteiger partial charge in [0.1, 0.15) is 17.5 Å². The lowest BCUT2D eigenvalue weighted by Gasteiger charge is -2.28. The molecule has 2 heterocycles. The van der Waals surface area contributed by atoms with Gasteiger partial charge in [-0.25, -0.2) is 14.4 Å². The van der Waals surface area contributed by atoms with Crippen LogP contribution in [0.4, 0.5) is 15.8 Å². The number of nitrogens with zero attached hydrogens (tertiary/aromatic N) is 2. The summed E-state index contributed by atoms with van der Waals surface area (Å²) in [5.74, 6) is -1.31. The first-order valence-corrected chi connectivity index (χ1v) is 9.87. The van der Waals surface area contributed by atoms with Crippen LogP contribution in [0.2, 0.25) is 0 Å². The van der Waals surface area contributed by atoms with E-state index >= 15 is 0 Å². The van der Waals surface area contributed by atoms with Crippen molar-refractivity contribution in [3.8, 4) is 5.75 Å². The zero-order valence-electron chi connectivity index (χ0n) is 16.6. The van der Waals surface area contributed by atoms with Crippen molar-refractivity contribution in [3.05, 3.63) is 90.2 Å². The van der Waals surface area contributed by atoms with E-state index in [0.29, 0.717) is 17.1 Å². The van der Waals surface area contributed by atoms with Gasteiger partial charge in [-0.1, -0.05) is 30.3 Å². The number of carbonyl (C=O) groups excluding carboxylic acids is 2. The highest BCUT2D eigenvalue weighted by Gasteiger charge is 2.60. The van der Waals surface area contributed by atoms with Gasteiger partial charge >= 0.3 is 0 Å². The minimum absolute atomic E-state index is 0.331. The number of methoxy groups -OCH3 is 1. The zero-order valence-corrected chi connectivity index (χ0v) is 16.6. The first-order valence-electron chi connectivity index (χ1n) is 9.87. The number of benzene rings is 3. The van der Waals surface area contributed by atoms with Gasteiger partial charge in [-0.05, 0) is 54.1 Å². The van der Waals surface area contributed by atoms with Crippen LogP contribution in [0, 0.1) is 11.7 Å². The maximum atomic E-state index is 13.4. The summed E-state index contributed by atoms with van der Waals surface area (Å²) >= 11 is 0. The van der Waals surface area contributed by atoms with Crippen LogP contribution in [0.5, 0.6) is 5.75 Å². The Balaban J connectivity index is 1.55. The van der Waals surface area contributed by atoms with Gasteiger partial charge in [0.05, 0.1) is 24.5 Å². The summed E-state index contributed by atoms with van der Waals surface area (Å²) in [6.45, 7) is 0. The van der Waals surface area contributed by atoms with E-state index in [0.717, 1.165) is 10.5 Å². The third-order valence-corrected chi connectivity index (χ3v) is 5.67. The number of imide groups is 1. The highest BCUT2D eigenvalue weighted by Crippen LogP contribution is 2.47. The summed E-state index contributed by atoms with van der Waals surface area (Å²) in [7, 11) is 1.58. The van der Waals surface area contributed by atoms with Crippen molar-refractivity contribution in [1.82, 2.24) is 0 Å². The van der Waals surface area contributed by atoms with Gasteiger partial charge < -0.3 is 4.74 Å². The highest BCUT2D eigenvalue weighted by molar-refractivity contribution is 6.23. The van der Waals surface area contributed by atoms with Crippen LogP contribution in [-0.4, -0.2) is 25.0 Å². The lowest BCUT2D eigenvalue weighted by atomic mass is 9.90. The largest absolute Gasteiger partial charge is 0.497 e. The van der Waals surface area contributed by atoms with Gasteiger partial charge in [0, 0.05) is 0 Å². The molecule has 0 unspecified atom stereocenters. The average Bonchev–Trinajstić information content (AvgIpc) is 3.31. The van der Waals surface area contributed by atoms with E-state index in [1.54, 1.807) is 24.3 Å². The zero-order chi connectivity index (χ0) is 21.5. The summed E-state index contributed by atoms with van der Waals surface area (Å²) in [6, 6.07) is 21.5. The van der Waals surface area contributed by atoms with Gasteiger partial charge in [0.2, 0.25) is 5.91 Å². The smallest absolute Gasteiger partial charge is 0.266 e. The van der Waals surface area contributed by atoms with E-state index in [1.165, 1.54) is 24.3 Å². The van der Waals surface area contributed by atoms with Crippen LogP contribution in [0.3, 0.4) is 0 Å². The second-order valence-corrected chi connectivity index (χ2v) is 7.42. The lowest BCUT2D eigenvalue weighted by Crippen LogP contribution is -2.37. The van der Waals surface area contributed by atoms with Crippen LogP contribution in [0.15, 0.2) is 78.9 Å². The van der Waals surface area contributed by atoms with Crippen molar-refractivity contribution in [2.45, 2.75) is 12.1 Å². The molecule has 0 saturated carbocycles. The van der Waals surface area contributed by atoms with Gasteiger partial charge in [0.25, 0.3) is 5.91 Å². The third-order valence-electron chi connectivity index (χ3n) is 5.67. The quantitative estimate of drug-likeness (QED) is 0.602. The monoisotopic (exact) mass is 418 g/mol. The van der Waals surface area contributed by atoms with Crippen LogP contribution in [0.25, 0.3) is 0 Å². The first kappa shape index (κ1) is 19.3. The maximum absolute atomic E-state index is 13.4. The van der Waals surface area contributed by atoms with E-state index < -0.39 is 29.8 Å². The molecule has 6 nitrogen and oxygen atoms in total. The summed E-state index contributed by atoms with van der Waals surface area (Å²) in [5, 5.41) is 1.63. The normalized spacial score (nSPS) is 22.7. The predicted octanol–water partition coefficient (Wildman–Crippen LogP) is 3.89. The topological polar surface area (TPSA) is 59.1 Å². The molecule has 2 amide bonds. The van der Waals surface area contributed by atoms with E-state index in [-0.39, 0.29) is 5.91 Å². The number of hydroxylamine groups is 1. The number of rotatable bonds is 4. The number of hydrogen-bond donors (Lipinski definition) is 0. The molecule has 3 aromatic carbocycles.